The maximum atomic E-state index is 12.4. The van der Waals surface area contributed by atoms with Crippen LogP contribution in [0.15, 0.2) is 23.1 Å². The fraction of sp³-hybridized carbons (Fsp3) is 0.400. The second kappa shape index (κ2) is 5.86. The summed E-state index contributed by atoms with van der Waals surface area (Å²) in [6.07, 6.45) is 2.31. The zero-order chi connectivity index (χ0) is 14.7. The molecule has 20 heavy (non-hydrogen) atoms. The Morgan fingerprint density at radius 2 is 2.10 bits per heavy atom. The maximum Gasteiger partial charge on any atom is 0.306 e. The van der Waals surface area contributed by atoms with Crippen molar-refractivity contribution in [1.82, 2.24) is 9.38 Å². The minimum Gasteiger partial charge on any atom is -0.466 e. The van der Waals surface area contributed by atoms with Gasteiger partial charge < -0.3 is 4.74 Å². The van der Waals surface area contributed by atoms with Crippen LogP contribution in [0, 0.1) is 13.8 Å². The van der Waals surface area contributed by atoms with Gasteiger partial charge in [-0.1, -0.05) is 6.07 Å². The van der Waals surface area contributed by atoms with Gasteiger partial charge in [-0.2, -0.15) is 0 Å². The Hall–Kier alpha value is -2.17. The SMILES string of the molecule is CCOC(=O)CCc1c(C)nc2ccc(C)cn2c1=O. The fourth-order valence-corrected chi connectivity index (χ4v) is 2.14. The van der Waals surface area contributed by atoms with Crippen molar-refractivity contribution >= 4 is 11.6 Å². The number of aryl methyl sites for hydroxylation is 2. The number of nitrogens with zero attached hydrogens (tertiary/aromatic N) is 2. The third-order valence-electron chi connectivity index (χ3n) is 3.16. The number of pyridine rings is 1. The van der Waals surface area contributed by atoms with Gasteiger partial charge in [-0.3, -0.25) is 14.0 Å². The van der Waals surface area contributed by atoms with Crippen molar-refractivity contribution in [1.29, 1.82) is 0 Å². The van der Waals surface area contributed by atoms with Gasteiger partial charge in [0.15, 0.2) is 0 Å². The molecule has 0 saturated carbocycles. The van der Waals surface area contributed by atoms with E-state index in [1.807, 2.05) is 19.1 Å². The summed E-state index contributed by atoms with van der Waals surface area (Å²) in [5.74, 6) is -0.291. The number of rotatable bonds is 4. The highest BCUT2D eigenvalue weighted by molar-refractivity contribution is 5.69. The Bertz CT molecular complexity index is 704. The Morgan fingerprint density at radius 1 is 1.35 bits per heavy atom. The molecule has 0 saturated heterocycles. The molecule has 0 atom stereocenters. The van der Waals surface area contributed by atoms with Crippen molar-refractivity contribution in [3.63, 3.8) is 0 Å². The first kappa shape index (κ1) is 14.2. The molecule has 0 spiro atoms. The summed E-state index contributed by atoms with van der Waals surface area (Å²) >= 11 is 0. The molecule has 2 aromatic rings. The standard InChI is InChI=1S/C15H18N2O3/c1-4-20-14(18)8-6-12-11(3)16-13-7-5-10(2)9-17(13)15(12)19/h5,7,9H,4,6,8H2,1-3H3. The Morgan fingerprint density at radius 3 is 2.80 bits per heavy atom. The zero-order valence-electron chi connectivity index (χ0n) is 12.0. The number of hydrogen-bond donors (Lipinski definition) is 0. The van der Waals surface area contributed by atoms with Crippen LogP contribution in [0.2, 0.25) is 0 Å². The molecule has 0 unspecified atom stereocenters. The summed E-state index contributed by atoms with van der Waals surface area (Å²) in [4.78, 5) is 28.3. The Kier molecular flexibility index (Phi) is 4.17. The molecule has 0 aliphatic heterocycles. The number of carbonyl (C=O) groups is 1. The van der Waals surface area contributed by atoms with E-state index in [0.717, 1.165) is 5.56 Å². The Labute approximate surface area is 117 Å². The monoisotopic (exact) mass is 274 g/mol. The summed E-state index contributed by atoms with van der Waals surface area (Å²) in [5.41, 5.74) is 2.74. The highest BCUT2D eigenvalue weighted by Crippen LogP contribution is 2.08. The first-order valence-electron chi connectivity index (χ1n) is 6.67. The molecule has 5 nitrogen and oxygen atoms in total. The van der Waals surface area contributed by atoms with E-state index in [1.165, 1.54) is 4.40 Å². The van der Waals surface area contributed by atoms with E-state index in [-0.39, 0.29) is 17.9 Å². The van der Waals surface area contributed by atoms with Crippen LogP contribution in [0.4, 0.5) is 0 Å². The lowest BCUT2D eigenvalue weighted by molar-refractivity contribution is -0.143. The average Bonchev–Trinajstić information content (AvgIpc) is 2.40. The molecular weight excluding hydrogens is 256 g/mol. The molecule has 0 aliphatic carbocycles. The molecule has 0 amide bonds. The second-order valence-corrected chi connectivity index (χ2v) is 4.72. The average molecular weight is 274 g/mol. The normalized spacial score (nSPS) is 10.8. The van der Waals surface area contributed by atoms with E-state index in [0.29, 0.717) is 29.9 Å². The largest absolute Gasteiger partial charge is 0.466 e. The third kappa shape index (κ3) is 2.87. The van der Waals surface area contributed by atoms with E-state index < -0.39 is 0 Å². The van der Waals surface area contributed by atoms with Crippen LogP contribution in [-0.4, -0.2) is 22.0 Å². The predicted molar refractivity (Wildman–Crippen MR) is 75.9 cm³/mol. The number of ether oxygens (including phenoxy) is 1. The first-order chi connectivity index (χ1) is 9.52. The van der Waals surface area contributed by atoms with E-state index in [1.54, 1.807) is 20.0 Å². The van der Waals surface area contributed by atoms with Crippen LogP contribution >= 0.6 is 0 Å². The van der Waals surface area contributed by atoms with Gasteiger partial charge in [0.25, 0.3) is 5.56 Å². The van der Waals surface area contributed by atoms with Gasteiger partial charge in [0.2, 0.25) is 0 Å². The minimum atomic E-state index is -0.291. The van der Waals surface area contributed by atoms with Gasteiger partial charge in [0, 0.05) is 23.9 Å². The van der Waals surface area contributed by atoms with Crippen molar-refractivity contribution in [2.45, 2.75) is 33.6 Å². The van der Waals surface area contributed by atoms with E-state index >= 15 is 0 Å². The fourth-order valence-electron chi connectivity index (χ4n) is 2.14. The van der Waals surface area contributed by atoms with Crippen LogP contribution < -0.4 is 5.56 Å². The van der Waals surface area contributed by atoms with Crippen LogP contribution in [-0.2, 0) is 16.0 Å². The van der Waals surface area contributed by atoms with Crippen molar-refractivity contribution in [2.24, 2.45) is 0 Å². The van der Waals surface area contributed by atoms with Gasteiger partial charge in [-0.05, 0) is 38.8 Å². The molecule has 0 bridgehead atoms. The predicted octanol–water partition coefficient (Wildman–Crippen LogP) is 1.81. The smallest absolute Gasteiger partial charge is 0.306 e. The Balaban J connectivity index is 2.38. The van der Waals surface area contributed by atoms with E-state index in [2.05, 4.69) is 4.98 Å². The molecule has 2 rings (SSSR count). The van der Waals surface area contributed by atoms with Crippen molar-refractivity contribution < 1.29 is 9.53 Å². The van der Waals surface area contributed by atoms with Crippen LogP contribution in [0.5, 0.6) is 0 Å². The molecule has 0 radical (unpaired) electrons. The molecule has 106 valence electrons. The van der Waals surface area contributed by atoms with E-state index in [4.69, 9.17) is 4.74 Å². The van der Waals surface area contributed by atoms with Crippen molar-refractivity contribution in [3.05, 3.63) is 45.5 Å². The lowest BCUT2D eigenvalue weighted by Crippen LogP contribution is -2.22. The lowest BCUT2D eigenvalue weighted by Gasteiger charge is -2.08. The quantitative estimate of drug-likeness (QED) is 0.798. The van der Waals surface area contributed by atoms with Crippen molar-refractivity contribution in [3.8, 4) is 0 Å². The molecule has 0 fully saturated rings. The molecular formula is C15H18N2O3. The summed E-state index contributed by atoms with van der Waals surface area (Å²) in [7, 11) is 0. The summed E-state index contributed by atoms with van der Waals surface area (Å²) < 4.78 is 6.41. The summed E-state index contributed by atoms with van der Waals surface area (Å²) in [6.45, 7) is 5.83. The summed E-state index contributed by atoms with van der Waals surface area (Å²) in [5, 5.41) is 0. The highest BCUT2D eigenvalue weighted by Gasteiger charge is 2.12. The molecule has 0 aromatic carbocycles. The molecule has 2 aromatic heterocycles. The topological polar surface area (TPSA) is 60.7 Å². The summed E-state index contributed by atoms with van der Waals surface area (Å²) in [6, 6.07) is 3.73. The van der Waals surface area contributed by atoms with Gasteiger partial charge in [-0.15, -0.1) is 0 Å². The van der Waals surface area contributed by atoms with E-state index in [9.17, 15) is 9.59 Å². The second-order valence-electron chi connectivity index (χ2n) is 4.72. The van der Waals surface area contributed by atoms with Gasteiger partial charge in [0.1, 0.15) is 5.65 Å². The lowest BCUT2D eigenvalue weighted by atomic mass is 10.1. The zero-order valence-corrected chi connectivity index (χ0v) is 12.0. The number of fused-ring (bicyclic) bond motifs is 1. The number of carbonyl (C=O) groups excluding carboxylic acids is 1. The molecule has 2 heterocycles. The number of aromatic nitrogens is 2. The van der Waals surface area contributed by atoms with Gasteiger partial charge in [0.05, 0.1) is 6.61 Å². The van der Waals surface area contributed by atoms with Gasteiger partial charge in [-0.25, -0.2) is 4.98 Å². The third-order valence-corrected chi connectivity index (χ3v) is 3.16. The van der Waals surface area contributed by atoms with Crippen LogP contribution in [0.25, 0.3) is 5.65 Å². The number of hydrogen-bond acceptors (Lipinski definition) is 4. The van der Waals surface area contributed by atoms with Crippen LogP contribution in [0.3, 0.4) is 0 Å². The molecule has 5 heteroatoms. The minimum absolute atomic E-state index is 0.111. The first-order valence-corrected chi connectivity index (χ1v) is 6.67. The molecule has 0 N–H and O–H groups in total. The van der Waals surface area contributed by atoms with Crippen molar-refractivity contribution in [2.75, 3.05) is 6.61 Å². The maximum absolute atomic E-state index is 12.4. The van der Waals surface area contributed by atoms with Gasteiger partial charge >= 0.3 is 5.97 Å². The molecule has 0 aliphatic rings. The highest BCUT2D eigenvalue weighted by atomic mass is 16.5. The number of esters is 1. The van der Waals surface area contributed by atoms with Crippen LogP contribution in [0.1, 0.15) is 30.2 Å².